The zero-order chi connectivity index (χ0) is 22.0. The first kappa shape index (κ1) is 21.2. The number of carbonyl (C=O) groups is 2. The first-order valence-electron chi connectivity index (χ1n) is 8.57. The summed E-state index contributed by atoms with van der Waals surface area (Å²) in [5.74, 6) is -1.38. The lowest BCUT2D eigenvalue weighted by Crippen LogP contribution is -2.25. The lowest BCUT2D eigenvalue weighted by molar-refractivity contribution is -0.385. The zero-order valence-electron chi connectivity index (χ0n) is 16.1. The molecule has 3 rings (SSSR count). The van der Waals surface area contributed by atoms with Crippen LogP contribution in [0.5, 0.6) is 11.5 Å². The Hall–Kier alpha value is -3.47. The third-order valence-electron chi connectivity index (χ3n) is 4.05. The fourth-order valence-corrected chi connectivity index (χ4v) is 3.22. The highest BCUT2D eigenvalue weighted by Gasteiger charge is 2.36. The van der Waals surface area contributed by atoms with E-state index in [4.69, 9.17) is 14.2 Å². The number of benzene rings is 2. The standard InChI is InChI=1S/C19H16BrN3O7/c1-10(24)22-19(12-5-4-6-13(20)7-12)30-18(21-22)15-8-14(23(26)27)9-16(28-3)17(15)29-11(2)25/h4-9,19H,1-3H3. The van der Waals surface area contributed by atoms with E-state index < -0.39 is 23.0 Å². The van der Waals surface area contributed by atoms with Crippen LogP contribution in [-0.4, -0.2) is 34.8 Å². The van der Waals surface area contributed by atoms with E-state index in [-0.39, 0.29) is 28.6 Å². The minimum Gasteiger partial charge on any atom is -0.493 e. The van der Waals surface area contributed by atoms with E-state index in [0.29, 0.717) is 5.56 Å². The van der Waals surface area contributed by atoms with Crippen LogP contribution in [0.3, 0.4) is 0 Å². The molecule has 30 heavy (non-hydrogen) atoms. The van der Waals surface area contributed by atoms with E-state index in [2.05, 4.69) is 21.0 Å². The van der Waals surface area contributed by atoms with Gasteiger partial charge in [0.1, 0.15) is 0 Å². The average Bonchev–Trinajstić information content (AvgIpc) is 3.13. The highest BCUT2D eigenvalue weighted by atomic mass is 79.9. The second kappa shape index (κ2) is 8.49. The third-order valence-corrected chi connectivity index (χ3v) is 4.54. The molecule has 10 nitrogen and oxygen atoms in total. The number of esters is 1. The smallest absolute Gasteiger partial charge is 0.308 e. The van der Waals surface area contributed by atoms with Crippen LogP contribution in [0.4, 0.5) is 5.69 Å². The molecule has 0 bridgehead atoms. The minimum absolute atomic E-state index is 0.00000295. The average molecular weight is 478 g/mol. The highest BCUT2D eigenvalue weighted by Crippen LogP contribution is 2.40. The molecule has 2 aromatic carbocycles. The van der Waals surface area contributed by atoms with Crippen LogP contribution in [0, 0.1) is 10.1 Å². The van der Waals surface area contributed by atoms with Crippen molar-refractivity contribution in [3.63, 3.8) is 0 Å². The van der Waals surface area contributed by atoms with Crippen molar-refractivity contribution in [2.45, 2.75) is 20.1 Å². The molecule has 0 aliphatic carbocycles. The number of carbonyl (C=O) groups excluding carboxylic acids is 2. The molecular formula is C19H16BrN3O7. The molecule has 0 aromatic heterocycles. The molecule has 1 atom stereocenters. The van der Waals surface area contributed by atoms with Crippen LogP contribution in [0.25, 0.3) is 0 Å². The number of hydrogen-bond donors (Lipinski definition) is 0. The number of hydrogen-bond acceptors (Lipinski definition) is 8. The minimum atomic E-state index is -0.912. The number of rotatable bonds is 5. The second-order valence-electron chi connectivity index (χ2n) is 6.17. The summed E-state index contributed by atoms with van der Waals surface area (Å²) in [5, 5.41) is 16.6. The molecule has 0 N–H and O–H groups in total. The van der Waals surface area contributed by atoms with Gasteiger partial charge in [-0.3, -0.25) is 19.7 Å². The van der Waals surface area contributed by atoms with Crippen molar-refractivity contribution in [2.75, 3.05) is 7.11 Å². The lowest BCUT2D eigenvalue weighted by atomic mass is 10.1. The van der Waals surface area contributed by atoms with E-state index in [9.17, 15) is 19.7 Å². The van der Waals surface area contributed by atoms with Gasteiger partial charge in [-0.1, -0.05) is 28.1 Å². The fraction of sp³-hybridized carbons (Fsp3) is 0.211. The maximum absolute atomic E-state index is 12.2. The largest absolute Gasteiger partial charge is 0.493 e. The predicted molar refractivity (Wildman–Crippen MR) is 108 cm³/mol. The number of nitro benzene ring substituents is 1. The molecule has 1 unspecified atom stereocenters. The normalized spacial score (nSPS) is 15.3. The summed E-state index contributed by atoms with van der Waals surface area (Å²) in [7, 11) is 1.28. The van der Waals surface area contributed by atoms with Crippen molar-refractivity contribution in [3.05, 3.63) is 62.1 Å². The van der Waals surface area contributed by atoms with Crippen LogP contribution in [-0.2, 0) is 14.3 Å². The monoisotopic (exact) mass is 477 g/mol. The highest BCUT2D eigenvalue weighted by molar-refractivity contribution is 9.10. The summed E-state index contributed by atoms with van der Waals surface area (Å²) in [5.41, 5.74) is 0.286. The summed E-state index contributed by atoms with van der Waals surface area (Å²) < 4.78 is 17.0. The van der Waals surface area contributed by atoms with Crippen LogP contribution in [0.15, 0.2) is 46.0 Å². The Morgan fingerprint density at radius 1 is 1.27 bits per heavy atom. The Balaban J connectivity index is 2.14. The van der Waals surface area contributed by atoms with Gasteiger partial charge in [0.25, 0.3) is 5.69 Å². The van der Waals surface area contributed by atoms with Crippen LogP contribution in [0.2, 0.25) is 0 Å². The van der Waals surface area contributed by atoms with Gasteiger partial charge in [-0.15, -0.1) is 5.10 Å². The van der Waals surface area contributed by atoms with Crippen molar-refractivity contribution in [1.82, 2.24) is 5.01 Å². The number of nitro groups is 1. The van der Waals surface area contributed by atoms with Crippen molar-refractivity contribution in [1.29, 1.82) is 0 Å². The van der Waals surface area contributed by atoms with Crippen molar-refractivity contribution < 1.29 is 28.7 Å². The van der Waals surface area contributed by atoms with Gasteiger partial charge in [0, 0.05) is 30.0 Å². The van der Waals surface area contributed by atoms with Gasteiger partial charge in [0.2, 0.25) is 18.0 Å². The third kappa shape index (κ3) is 4.25. The molecule has 156 valence electrons. The molecule has 0 radical (unpaired) electrons. The van der Waals surface area contributed by atoms with Gasteiger partial charge in [0.15, 0.2) is 11.5 Å². The maximum Gasteiger partial charge on any atom is 0.308 e. The van der Waals surface area contributed by atoms with Crippen LogP contribution >= 0.6 is 15.9 Å². The topological polar surface area (TPSA) is 121 Å². The van der Waals surface area contributed by atoms with Gasteiger partial charge in [-0.25, -0.2) is 0 Å². The summed E-state index contributed by atoms with van der Waals surface area (Å²) in [4.78, 5) is 34.5. The van der Waals surface area contributed by atoms with Crippen molar-refractivity contribution in [3.8, 4) is 11.5 Å². The lowest BCUT2D eigenvalue weighted by Gasteiger charge is -2.19. The first-order chi connectivity index (χ1) is 14.2. The Bertz CT molecular complexity index is 1070. The molecule has 11 heteroatoms. The van der Waals surface area contributed by atoms with E-state index in [1.165, 1.54) is 21.0 Å². The Morgan fingerprint density at radius 2 is 2.00 bits per heavy atom. The van der Waals surface area contributed by atoms with E-state index in [0.717, 1.165) is 21.6 Å². The van der Waals surface area contributed by atoms with Gasteiger partial charge in [-0.05, 0) is 12.1 Å². The molecule has 1 amide bonds. The summed E-state index contributed by atoms with van der Waals surface area (Å²) in [6.45, 7) is 2.48. The number of amides is 1. The van der Waals surface area contributed by atoms with Crippen LogP contribution in [0.1, 0.15) is 31.2 Å². The second-order valence-corrected chi connectivity index (χ2v) is 7.09. The van der Waals surface area contributed by atoms with E-state index in [1.54, 1.807) is 18.2 Å². The number of non-ortho nitro benzene ring substituents is 1. The van der Waals surface area contributed by atoms with Crippen molar-refractivity contribution >= 4 is 39.4 Å². The predicted octanol–water partition coefficient (Wildman–Crippen LogP) is 3.53. The SMILES string of the molecule is COc1cc([N+](=O)[O-])cc(C2=NN(C(C)=O)C(c3cccc(Br)c3)O2)c1OC(C)=O. The Morgan fingerprint density at radius 3 is 2.57 bits per heavy atom. The summed E-state index contributed by atoms with van der Waals surface area (Å²) >= 11 is 3.36. The van der Waals surface area contributed by atoms with Gasteiger partial charge >= 0.3 is 5.97 Å². The molecule has 0 saturated carbocycles. The molecule has 0 saturated heterocycles. The molecule has 1 aliphatic heterocycles. The molecule has 2 aromatic rings. The number of ether oxygens (including phenoxy) is 3. The van der Waals surface area contributed by atoms with E-state index >= 15 is 0 Å². The number of methoxy groups -OCH3 is 1. The van der Waals surface area contributed by atoms with Crippen LogP contribution < -0.4 is 9.47 Å². The summed E-state index contributed by atoms with van der Waals surface area (Å²) in [6, 6.07) is 9.32. The molecule has 1 heterocycles. The van der Waals surface area contributed by atoms with Gasteiger partial charge in [-0.2, -0.15) is 5.01 Å². The maximum atomic E-state index is 12.2. The number of hydrazone groups is 1. The Kier molecular flexibility index (Phi) is 6.01. The Labute approximate surface area is 179 Å². The molecular weight excluding hydrogens is 462 g/mol. The van der Waals surface area contributed by atoms with Gasteiger partial charge < -0.3 is 14.2 Å². The summed E-state index contributed by atoms with van der Waals surface area (Å²) in [6.07, 6.45) is -0.912. The number of nitrogens with zero attached hydrogens (tertiary/aromatic N) is 3. The molecule has 1 aliphatic rings. The quantitative estimate of drug-likeness (QED) is 0.279. The fourth-order valence-electron chi connectivity index (χ4n) is 2.80. The zero-order valence-corrected chi connectivity index (χ0v) is 17.7. The number of halogens is 1. The van der Waals surface area contributed by atoms with Crippen molar-refractivity contribution in [2.24, 2.45) is 5.10 Å². The molecule has 0 fully saturated rings. The van der Waals surface area contributed by atoms with Gasteiger partial charge in [0.05, 0.1) is 23.7 Å². The first-order valence-corrected chi connectivity index (χ1v) is 9.36. The molecule has 0 spiro atoms. The van der Waals surface area contributed by atoms with E-state index in [1.807, 2.05) is 6.07 Å².